The van der Waals surface area contributed by atoms with Crippen LogP contribution in [0.25, 0.3) is 0 Å². The largest absolute Gasteiger partial charge is 0.456 e. The van der Waals surface area contributed by atoms with Gasteiger partial charge in [0.2, 0.25) is 5.91 Å². The minimum absolute atomic E-state index is 0.0545. The molecule has 2 heterocycles. The number of non-ortho nitro benzene ring substituents is 1. The summed E-state index contributed by atoms with van der Waals surface area (Å²) in [6.07, 6.45) is 1.99. The van der Waals surface area contributed by atoms with Crippen molar-refractivity contribution in [2.24, 2.45) is 0 Å². The number of rotatable bonds is 8. The zero-order valence-electron chi connectivity index (χ0n) is 18.1. The zero-order chi connectivity index (χ0) is 24.2. The van der Waals surface area contributed by atoms with Crippen LogP contribution < -0.4 is 5.32 Å². The van der Waals surface area contributed by atoms with Gasteiger partial charge < -0.3 is 10.1 Å². The lowest BCUT2D eigenvalue weighted by atomic mass is 10.0. The molecule has 4 rings (SSSR count). The summed E-state index contributed by atoms with van der Waals surface area (Å²) in [6.45, 7) is -0.0843. The van der Waals surface area contributed by atoms with Crippen LogP contribution in [-0.4, -0.2) is 51.0 Å². The van der Waals surface area contributed by atoms with Crippen molar-refractivity contribution in [2.45, 2.75) is 24.4 Å². The second-order valence-corrected chi connectivity index (χ2v) is 9.60. The third-order valence-corrected chi connectivity index (χ3v) is 7.71. The maximum absolute atomic E-state index is 12.9. The number of β-lactam (4-membered cyclic amide) rings is 1. The minimum atomic E-state index is -0.706. The standard InChI is InChI=1S/C23H21N3O6S2/c1-33-17-13-34-22-19(24-18(27)11-14-5-3-2-4-6-14)21(28)25(22)20(17)23(29)32-12-15-7-9-16(10-8-15)26(30)31/h2-10,19,22H,11-13H2,1H3,(H,24,27)/t19?,22-/m0/s1. The Bertz CT molecular complexity index is 1150. The molecule has 1 saturated heterocycles. The maximum atomic E-state index is 12.9. The first-order chi connectivity index (χ1) is 16.4. The van der Waals surface area contributed by atoms with E-state index in [1.54, 1.807) is 0 Å². The average Bonchev–Trinajstić information content (AvgIpc) is 2.85. The molecule has 0 aromatic heterocycles. The van der Waals surface area contributed by atoms with Crippen LogP contribution in [0.1, 0.15) is 11.1 Å². The predicted molar refractivity (Wildman–Crippen MR) is 129 cm³/mol. The van der Waals surface area contributed by atoms with E-state index in [-0.39, 0.29) is 41.6 Å². The first-order valence-corrected chi connectivity index (χ1v) is 12.6. The Labute approximate surface area is 204 Å². The molecule has 2 atom stereocenters. The Balaban J connectivity index is 1.41. The van der Waals surface area contributed by atoms with Gasteiger partial charge in [-0.05, 0) is 29.5 Å². The van der Waals surface area contributed by atoms with E-state index < -0.39 is 16.9 Å². The highest BCUT2D eigenvalue weighted by molar-refractivity contribution is 8.05. The van der Waals surface area contributed by atoms with Gasteiger partial charge in [-0.2, -0.15) is 0 Å². The van der Waals surface area contributed by atoms with Crippen LogP contribution >= 0.6 is 23.5 Å². The van der Waals surface area contributed by atoms with Crippen molar-refractivity contribution in [3.63, 3.8) is 0 Å². The van der Waals surface area contributed by atoms with Crippen LogP contribution in [0.2, 0.25) is 0 Å². The van der Waals surface area contributed by atoms with E-state index in [1.807, 2.05) is 36.6 Å². The van der Waals surface area contributed by atoms with Crippen molar-refractivity contribution >= 4 is 47.0 Å². The van der Waals surface area contributed by atoms with E-state index in [9.17, 15) is 24.5 Å². The van der Waals surface area contributed by atoms with Crippen molar-refractivity contribution in [1.29, 1.82) is 0 Å². The Morgan fingerprint density at radius 1 is 1.18 bits per heavy atom. The summed E-state index contributed by atoms with van der Waals surface area (Å²) in [6, 6.07) is 14.2. The first kappa shape index (κ1) is 23.8. The number of nitrogens with zero attached hydrogens (tertiary/aromatic N) is 2. The number of amides is 2. The molecular formula is C23H21N3O6S2. The third-order valence-electron chi connectivity index (χ3n) is 5.41. The number of benzene rings is 2. The van der Waals surface area contributed by atoms with Crippen LogP contribution in [-0.2, 0) is 32.1 Å². The van der Waals surface area contributed by atoms with Crippen LogP contribution in [0.15, 0.2) is 65.2 Å². The Morgan fingerprint density at radius 3 is 2.53 bits per heavy atom. The molecule has 0 spiro atoms. The second-order valence-electron chi connectivity index (χ2n) is 7.59. The SMILES string of the molecule is CSC1=C(C(=O)OCc2ccc([N+](=O)[O-])cc2)N2C(=O)C(NC(=O)Cc3ccccc3)[C@@H]2SC1. The molecule has 2 amide bonds. The maximum Gasteiger partial charge on any atom is 0.356 e. The summed E-state index contributed by atoms with van der Waals surface area (Å²) >= 11 is 2.86. The van der Waals surface area contributed by atoms with Gasteiger partial charge in [-0.15, -0.1) is 23.5 Å². The number of fused-ring (bicyclic) bond motifs is 1. The van der Waals surface area contributed by atoms with Crippen molar-refractivity contribution in [2.75, 3.05) is 12.0 Å². The van der Waals surface area contributed by atoms with Gasteiger partial charge in [0, 0.05) is 22.8 Å². The lowest BCUT2D eigenvalue weighted by Gasteiger charge is -2.49. The molecule has 9 nitrogen and oxygen atoms in total. The molecule has 0 bridgehead atoms. The fourth-order valence-electron chi connectivity index (χ4n) is 3.67. The fourth-order valence-corrected chi connectivity index (χ4v) is 5.92. The highest BCUT2D eigenvalue weighted by Gasteiger charge is 2.54. The molecule has 1 N–H and O–H groups in total. The molecule has 2 aromatic carbocycles. The summed E-state index contributed by atoms with van der Waals surface area (Å²) in [4.78, 5) is 50.7. The number of carbonyl (C=O) groups is 3. The van der Waals surface area contributed by atoms with Gasteiger partial charge in [0.25, 0.3) is 11.6 Å². The highest BCUT2D eigenvalue weighted by Crippen LogP contribution is 2.43. The first-order valence-electron chi connectivity index (χ1n) is 10.3. The summed E-state index contributed by atoms with van der Waals surface area (Å²) in [5, 5.41) is 13.2. The number of nitro benzene ring substituents is 1. The van der Waals surface area contributed by atoms with E-state index in [0.29, 0.717) is 11.3 Å². The number of nitro groups is 1. The van der Waals surface area contributed by atoms with Crippen LogP contribution in [0.5, 0.6) is 0 Å². The van der Waals surface area contributed by atoms with Gasteiger partial charge in [0.1, 0.15) is 23.7 Å². The van der Waals surface area contributed by atoms with Gasteiger partial charge in [-0.25, -0.2) is 4.79 Å². The number of ether oxygens (including phenoxy) is 1. The number of thioether (sulfide) groups is 2. The zero-order valence-corrected chi connectivity index (χ0v) is 19.8. The van der Waals surface area contributed by atoms with Gasteiger partial charge in [-0.1, -0.05) is 30.3 Å². The third kappa shape index (κ3) is 4.95. The lowest BCUT2D eigenvalue weighted by Crippen LogP contribution is -2.70. The van der Waals surface area contributed by atoms with Crippen LogP contribution in [0.4, 0.5) is 5.69 Å². The number of esters is 1. The quantitative estimate of drug-likeness (QED) is 0.255. The molecule has 0 aliphatic carbocycles. The van der Waals surface area contributed by atoms with E-state index in [2.05, 4.69) is 5.32 Å². The average molecular weight is 500 g/mol. The molecule has 1 unspecified atom stereocenters. The van der Waals surface area contributed by atoms with Gasteiger partial charge >= 0.3 is 5.97 Å². The molecule has 34 heavy (non-hydrogen) atoms. The van der Waals surface area contributed by atoms with Crippen molar-refractivity contribution in [3.05, 3.63) is 86.4 Å². The second kappa shape index (κ2) is 10.3. The smallest absolute Gasteiger partial charge is 0.356 e. The lowest BCUT2D eigenvalue weighted by molar-refractivity contribution is -0.384. The van der Waals surface area contributed by atoms with E-state index in [0.717, 1.165) is 10.5 Å². The van der Waals surface area contributed by atoms with Gasteiger partial charge in [0.05, 0.1) is 11.3 Å². The van der Waals surface area contributed by atoms with E-state index in [1.165, 1.54) is 52.7 Å². The predicted octanol–water partition coefficient (Wildman–Crippen LogP) is 2.86. The van der Waals surface area contributed by atoms with Crippen molar-refractivity contribution < 1.29 is 24.0 Å². The molecule has 2 aliphatic heterocycles. The number of hydrogen-bond acceptors (Lipinski definition) is 8. The molecule has 176 valence electrons. The monoisotopic (exact) mass is 499 g/mol. The number of hydrogen-bond donors (Lipinski definition) is 1. The Hall–Kier alpha value is -3.31. The highest BCUT2D eigenvalue weighted by atomic mass is 32.2. The van der Waals surface area contributed by atoms with Crippen LogP contribution in [0, 0.1) is 10.1 Å². The topological polar surface area (TPSA) is 119 Å². The summed E-state index contributed by atoms with van der Waals surface area (Å²) in [5.41, 5.74) is 1.57. The molecular weight excluding hydrogens is 478 g/mol. The van der Waals surface area contributed by atoms with Crippen LogP contribution in [0.3, 0.4) is 0 Å². The molecule has 2 aromatic rings. The van der Waals surface area contributed by atoms with Gasteiger partial charge in [0.15, 0.2) is 0 Å². The molecule has 1 fully saturated rings. The van der Waals surface area contributed by atoms with E-state index >= 15 is 0 Å². The summed E-state index contributed by atoms with van der Waals surface area (Å²) in [7, 11) is 0. The van der Waals surface area contributed by atoms with Gasteiger partial charge in [-0.3, -0.25) is 24.6 Å². The minimum Gasteiger partial charge on any atom is -0.456 e. The van der Waals surface area contributed by atoms with Crippen molar-refractivity contribution in [3.8, 4) is 0 Å². The van der Waals surface area contributed by atoms with Crippen molar-refractivity contribution in [1.82, 2.24) is 10.2 Å². The Morgan fingerprint density at radius 2 is 1.88 bits per heavy atom. The molecule has 0 radical (unpaired) electrons. The Kier molecular flexibility index (Phi) is 7.23. The molecule has 0 saturated carbocycles. The summed E-state index contributed by atoms with van der Waals surface area (Å²) < 4.78 is 5.43. The summed E-state index contributed by atoms with van der Waals surface area (Å²) in [5.74, 6) is -0.738. The van der Waals surface area contributed by atoms with E-state index in [4.69, 9.17) is 4.74 Å². The molecule has 11 heteroatoms. The number of nitrogens with one attached hydrogen (secondary N) is 1. The number of carbonyl (C=O) groups excluding carboxylic acids is 3. The molecule has 2 aliphatic rings. The normalized spacial score (nSPS) is 19.2. The fraction of sp³-hybridized carbons (Fsp3) is 0.261.